The maximum absolute atomic E-state index is 14.8. The van der Waals surface area contributed by atoms with E-state index in [-0.39, 0.29) is 40.2 Å². The third-order valence-electron chi connectivity index (χ3n) is 8.46. The molecule has 7 rings (SSSR count). The van der Waals surface area contributed by atoms with Crippen LogP contribution < -0.4 is 5.69 Å². The average Bonchev–Trinajstić information content (AvgIpc) is 3.66. The Hall–Kier alpha value is -4.88. The van der Waals surface area contributed by atoms with Crippen molar-refractivity contribution < 1.29 is 31.1 Å². The number of halogens is 6. The lowest BCUT2D eigenvalue weighted by Crippen LogP contribution is -2.48. The fraction of sp³-hybridized carbons (Fsp3) is 0.267. The van der Waals surface area contributed by atoms with Gasteiger partial charge in [-0.1, -0.05) is 0 Å². The van der Waals surface area contributed by atoms with Crippen LogP contribution in [0.5, 0.6) is 0 Å². The highest BCUT2D eigenvalue weighted by molar-refractivity contribution is 5.94. The number of H-pyrrole nitrogens is 1. The number of imidazole rings is 1. The number of amides is 1. The van der Waals surface area contributed by atoms with Crippen LogP contribution in [0.2, 0.25) is 0 Å². The third kappa shape index (κ3) is 4.47. The van der Waals surface area contributed by atoms with Gasteiger partial charge in [-0.3, -0.25) is 14.3 Å². The number of hydrogen-bond donors (Lipinski definition) is 1. The zero-order chi connectivity index (χ0) is 30.9. The first-order valence-electron chi connectivity index (χ1n) is 13.8. The molecule has 44 heavy (non-hydrogen) atoms. The molecule has 2 aliphatic rings. The van der Waals surface area contributed by atoms with Gasteiger partial charge in [0, 0.05) is 36.1 Å². The van der Waals surface area contributed by atoms with Crippen molar-refractivity contribution in [1.29, 1.82) is 0 Å². The summed E-state index contributed by atoms with van der Waals surface area (Å²) < 4.78 is 85.9. The summed E-state index contributed by atoms with van der Waals surface area (Å²) >= 11 is 0. The van der Waals surface area contributed by atoms with Gasteiger partial charge in [0.05, 0.1) is 22.5 Å². The molecule has 2 aromatic carbocycles. The molecule has 5 aromatic rings. The van der Waals surface area contributed by atoms with Gasteiger partial charge in [0.1, 0.15) is 11.3 Å². The van der Waals surface area contributed by atoms with Gasteiger partial charge >= 0.3 is 11.9 Å². The van der Waals surface area contributed by atoms with Gasteiger partial charge in [-0.05, 0) is 74.2 Å². The zero-order valence-corrected chi connectivity index (χ0v) is 22.7. The molecule has 2 aliphatic heterocycles. The lowest BCUT2D eigenvalue weighted by Gasteiger charge is -2.39. The Kier molecular flexibility index (Phi) is 6.41. The molecule has 2 fully saturated rings. The number of pyridine rings is 1. The summed E-state index contributed by atoms with van der Waals surface area (Å²) in [5.74, 6) is -4.12. The van der Waals surface area contributed by atoms with Crippen molar-refractivity contribution in [2.24, 2.45) is 0 Å². The van der Waals surface area contributed by atoms with Gasteiger partial charge in [0.2, 0.25) is 0 Å². The van der Waals surface area contributed by atoms with E-state index >= 15 is 0 Å². The molecular weight excluding hydrogens is 590 g/mol. The number of rotatable bonds is 4. The minimum atomic E-state index is -4.95. The smallest absolute Gasteiger partial charge is 0.331 e. The first-order valence-corrected chi connectivity index (χ1v) is 13.8. The van der Waals surface area contributed by atoms with Gasteiger partial charge < -0.3 is 9.88 Å². The van der Waals surface area contributed by atoms with Crippen molar-refractivity contribution in [3.05, 3.63) is 100 Å². The van der Waals surface area contributed by atoms with E-state index in [1.54, 1.807) is 17.0 Å². The first kappa shape index (κ1) is 27.9. The molecule has 2 unspecified atom stereocenters. The number of hydrogen-bond acceptors (Lipinski definition) is 4. The molecular formula is C30H22F6N6O2. The number of carbonyl (C=O) groups excluding carboxylic acids is 1. The maximum Gasteiger partial charge on any atom is 0.419 e. The van der Waals surface area contributed by atoms with Gasteiger partial charge in [0.25, 0.3) is 5.91 Å². The number of alkyl halides is 3. The molecule has 5 heterocycles. The molecule has 226 valence electrons. The van der Waals surface area contributed by atoms with E-state index in [9.17, 15) is 35.9 Å². The summed E-state index contributed by atoms with van der Waals surface area (Å²) in [4.78, 5) is 35.0. The van der Waals surface area contributed by atoms with E-state index in [0.717, 1.165) is 16.8 Å². The Labute approximate surface area is 244 Å². The molecule has 2 atom stereocenters. The lowest BCUT2D eigenvalue weighted by atomic mass is 9.96. The number of nitrogens with zero attached hydrogens (tertiary/aromatic N) is 5. The average molecular weight is 613 g/mol. The molecule has 0 saturated carbocycles. The van der Waals surface area contributed by atoms with Crippen LogP contribution in [0.15, 0.2) is 65.7 Å². The van der Waals surface area contributed by atoms with Crippen molar-refractivity contribution >= 4 is 16.9 Å². The predicted octanol–water partition coefficient (Wildman–Crippen LogP) is 6.02. The standard InChI is InChI=1S/C30H22F6N6O2/c31-21-6-5-18(12-20(21)30(34,35)36)42-25(15-2-1-9-37-14-15)13-24(39-42)28(43)40-16-3-4-17(40)11-19(10-16)41-27-23(38-29(41)44)8-7-22(32)26(27)33/h1-2,5-9,12-14,16-17,19H,3-4,10-11H2,(H,38,44). The Morgan fingerprint density at radius 1 is 0.932 bits per heavy atom. The van der Waals surface area contributed by atoms with Gasteiger partial charge in [-0.15, -0.1) is 0 Å². The number of piperidine rings is 1. The van der Waals surface area contributed by atoms with Gasteiger partial charge in [-0.25, -0.2) is 22.6 Å². The number of benzene rings is 2. The first-order chi connectivity index (χ1) is 21.0. The summed E-state index contributed by atoms with van der Waals surface area (Å²) in [7, 11) is 0. The molecule has 14 heteroatoms. The van der Waals surface area contributed by atoms with Crippen LogP contribution in [-0.2, 0) is 6.18 Å². The normalized spacial score (nSPS) is 20.0. The van der Waals surface area contributed by atoms with Crippen molar-refractivity contribution in [1.82, 2.24) is 29.2 Å². The van der Waals surface area contributed by atoms with Crippen LogP contribution in [0, 0.1) is 17.5 Å². The Morgan fingerprint density at radius 2 is 1.66 bits per heavy atom. The fourth-order valence-corrected chi connectivity index (χ4v) is 6.59. The minimum Gasteiger partial charge on any atom is -0.331 e. The Morgan fingerprint density at radius 3 is 2.34 bits per heavy atom. The largest absolute Gasteiger partial charge is 0.419 e. The fourth-order valence-electron chi connectivity index (χ4n) is 6.59. The summed E-state index contributed by atoms with van der Waals surface area (Å²) in [6.07, 6.45) is -0.176. The molecule has 1 amide bonds. The summed E-state index contributed by atoms with van der Waals surface area (Å²) in [6, 6.07) is 8.22. The number of fused-ring (bicyclic) bond motifs is 3. The highest BCUT2D eigenvalue weighted by atomic mass is 19.4. The Balaban J connectivity index is 1.25. The van der Waals surface area contributed by atoms with Crippen LogP contribution in [0.25, 0.3) is 28.0 Å². The van der Waals surface area contributed by atoms with Gasteiger partial charge in [0.15, 0.2) is 17.3 Å². The van der Waals surface area contributed by atoms with E-state index in [2.05, 4.69) is 15.1 Å². The minimum absolute atomic E-state index is 0.0468. The molecule has 8 nitrogen and oxygen atoms in total. The topological polar surface area (TPSA) is 88.8 Å². The lowest BCUT2D eigenvalue weighted by molar-refractivity contribution is -0.140. The second-order valence-electron chi connectivity index (χ2n) is 11.0. The highest BCUT2D eigenvalue weighted by Gasteiger charge is 2.45. The van der Waals surface area contributed by atoms with E-state index < -0.39 is 46.8 Å². The Bertz CT molecular complexity index is 1970. The second kappa shape index (κ2) is 10.1. The van der Waals surface area contributed by atoms with Crippen molar-refractivity contribution in [3.63, 3.8) is 0 Å². The SMILES string of the molecule is O=C(c1cc(-c2cccnc2)n(-c2ccc(F)c(C(F)(F)F)c2)n1)N1C2CCC1CC(n1c(=O)[nH]c3ccc(F)c(F)c31)C2. The van der Waals surface area contributed by atoms with E-state index in [4.69, 9.17) is 0 Å². The van der Waals surface area contributed by atoms with Crippen LogP contribution in [0.4, 0.5) is 26.3 Å². The molecule has 2 saturated heterocycles. The molecule has 0 spiro atoms. The molecule has 2 bridgehead atoms. The summed E-state index contributed by atoms with van der Waals surface area (Å²) in [6.45, 7) is 0. The maximum atomic E-state index is 14.8. The van der Waals surface area contributed by atoms with Crippen LogP contribution >= 0.6 is 0 Å². The monoisotopic (exact) mass is 612 g/mol. The molecule has 3 aromatic heterocycles. The van der Waals surface area contributed by atoms with Crippen LogP contribution in [0.3, 0.4) is 0 Å². The van der Waals surface area contributed by atoms with E-state index in [0.29, 0.717) is 43.4 Å². The number of aromatic amines is 1. The second-order valence-corrected chi connectivity index (χ2v) is 11.0. The van der Waals surface area contributed by atoms with Crippen molar-refractivity contribution in [2.45, 2.75) is 50.0 Å². The van der Waals surface area contributed by atoms with Gasteiger partial charge in [-0.2, -0.15) is 18.3 Å². The summed E-state index contributed by atoms with van der Waals surface area (Å²) in [5.41, 5.74) is -1.46. The molecule has 1 N–H and O–H groups in total. The predicted molar refractivity (Wildman–Crippen MR) is 145 cm³/mol. The van der Waals surface area contributed by atoms with E-state index in [1.807, 2.05) is 0 Å². The summed E-state index contributed by atoms with van der Waals surface area (Å²) in [5, 5.41) is 4.38. The number of carbonyl (C=O) groups is 1. The zero-order valence-electron chi connectivity index (χ0n) is 22.7. The molecule has 0 radical (unpaired) electrons. The quantitative estimate of drug-likeness (QED) is 0.252. The van der Waals surface area contributed by atoms with Crippen molar-refractivity contribution in [2.75, 3.05) is 0 Å². The number of aromatic nitrogens is 5. The number of nitrogens with one attached hydrogen (secondary N) is 1. The highest BCUT2D eigenvalue weighted by Crippen LogP contribution is 2.42. The van der Waals surface area contributed by atoms with Crippen LogP contribution in [-0.4, -0.2) is 47.2 Å². The van der Waals surface area contributed by atoms with E-state index in [1.165, 1.54) is 29.1 Å². The third-order valence-corrected chi connectivity index (χ3v) is 8.46. The molecule has 0 aliphatic carbocycles. The van der Waals surface area contributed by atoms with Crippen molar-refractivity contribution in [3.8, 4) is 16.9 Å². The van der Waals surface area contributed by atoms with Crippen LogP contribution in [0.1, 0.15) is 47.8 Å².